The van der Waals surface area contributed by atoms with Crippen LogP contribution in [0, 0.1) is 0 Å². The largest absolute Gasteiger partial charge is 0.492 e. The van der Waals surface area contributed by atoms with E-state index in [0.29, 0.717) is 11.6 Å². The maximum atomic E-state index is 9.20. The number of hydrogen-bond donors (Lipinski definition) is 1. The summed E-state index contributed by atoms with van der Waals surface area (Å²) in [7, 11) is 0. The molecule has 0 atom stereocenters. The highest BCUT2D eigenvalue weighted by atomic mass is 35.5. The van der Waals surface area contributed by atoms with Crippen LogP contribution in [0.4, 0.5) is 0 Å². The van der Waals surface area contributed by atoms with Gasteiger partial charge in [-0.3, -0.25) is 4.90 Å². The zero-order chi connectivity index (χ0) is 12.1. The van der Waals surface area contributed by atoms with E-state index in [1.165, 1.54) is 25.9 Å². The van der Waals surface area contributed by atoms with Crippen molar-refractivity contribution in [2.24, 2.45) is 0 Å². The van der Waals surface area contributed by atoms with Crippen molar-refractivity contribution in [3.8, 4) is 5.75 Å². The minimum atomic E-state index is -0.0421. The van der Waals surface area contributed by atoms with Crippen LogP contribution in [0.3, 0.4) is 0 Å². The van der Waals surface area contributed by atoms with Crippen molar-refractivity contribution in [3.63, 3.8) is 0 Å². The Balaban J connectivity index is 1.85. The Labute approximate surface area is 107 Å². The molecule has 1 aromatic carbocycles. The van der Waals surface area contributed by atoms with Crippen LogP contribution in [0.15, 0.2) is 18.2 Å². The lowest BCUT2D eigenvalue weighted by molar-refractivity contribution is 0.227. The topological polar surface area (TPSA) is 32.7 Å². The van der Waals surface area contributed by atoms with E-state index < -0.39 is 0 Å². The van der Waals surface area contributed by atoms with Crippen LogP contribution in [0.2, 0.25) is 5.02 Å². The number of rotatable bonds is 5. The zero-order valence-corrected chi connectivity index (χ0v) is 10.6. The number of ether oxygens (including phenoxy) is 1. The molecule has 1 aliphatic rings. The summed E-state index contributed by atoms with van der Waals surface area (Å²) in [5.41, 5.74) is 0.749. The van der Waals surface area contributed by atoms with E-state index >= 15 is 0 Å². The molecule has 0 unspecified atom stereocenters. The maximum absolute atomic E-state index is 9.20. The van der Waals surface area contributed by atoms with Crippen LogP contribution in [-0.4, -0.2) is 36.2 Å². The standard InChI is InChI=1S/C13H18ClNO2/c14-12-3-4-13(11(9-12)10-16)17-8-7-15-5-1-2-6-15/h3-4,9,16H,1-2,5-8,10H2. The van der Waals surface area contributed by atoms with Crippen LogP contribution >= 0.6 is 11.6 Å². The molecule has 1 heterocycles. The van der Waals surface area contributed by atoms with Gasteiger partial charge in [0.25, 0.3) is 0 Å². The Morgan fingerprint density at radius 3 is 2.76 bits per heavy atom. The lowest BCUT2D eigenvalue weighted by Crippen LogP contribution is -2.25. The summed E-state index contributed by atoms with van der Waals surface area (Å²) in [6.07, 6.45) is 2.59. The summed E-state index contributed by atoms with van der Waals surface area (Å²) in [6, 6.07) is 5.34. The summed E-state index contributed by atoms with van der Waals surface area (Å²) in [5.74, 6) is 0.732. The molecule has 0 aromatic heterocycles. The van der Waals surface area contributed by atoms with Crippen molar-refractivity contribution in [1.29, 1.82) is 0 Å². The summed E-state index contributed by atoms with van der Waals surface area (Å²) < 4.78 is 5.68. The second-order valence-electron chi connectivity index (χ2n) is 4.31. The number of nitrogens with zero attached hydrogens (tertiary/aromatic N) is 1. The molecule has 1 aromatic rings. The van der Waals surface area contributed by atoms with Gasteiger partial charge in [0.05, 0.1) is 6.61 Å². The highest BCUT2D eigenvalue weighted by Crippen LogP contribution is 2.22. The Hall–Kier alpha value is -0.770. The van der Waals surface area contributed by atoms with Gasteiger partial charge in [-0.25, -0.2) is 0 Å². The summed E-state index contributed by atoms with van der Waals surface area (Å²) >= 11 is 5.86. The number of hydrogen-bond acceptors (Lipinski definition) is 3. The number of halogens is 1. The van der Waals surface area contributed by atoms with Gasteiger partial charge < -0.3 is 9.84 Å². The zero-order valence-electron chi connectivity index (χ0n) is 9.86. The van der Waals surface area contributed by atoms with Crippen molar-refractivity contribution >= 4 is 11.6 Å². The molecule has 0 amide bonds. The molecular weight excluding hydrogens is 238 g/mol. The lowest BCUT2D eigenvalue weighted by atomic mass is 10.2. The predicted molar refractivity (Wildman–Crippen MR) is 68.5 cm³/mol. The van der Waals surface area contributed by atoms with Gasteiger partial charge in [-0.15, -0.1) is 0 Å². The summed E-state index contributed by atoms with van der Waals surface area (Å²) in [4.78, 5) is 2.40. The number of benzene rings is 1. The summed E-state index contributed by atoms with van der Waals surface area (Å²) in [5, 5.41) is 9.83. The third kappa shape index (κ3) is 3.60. The van der Waals surface area contributed by atoms with Crippen LogP contribution in [0.5, 0.6) is 5.75 Å². The van der Waals surface area contributed by atoms with Crippen molar-refractivity contribution < 1.29 is 9.84 Å². The molecule has 0 aliphatic carbocycles. The molecule has 0 bridgehead atoms. The smallest absolute Gasteiger partial charge is 0.124 e. The molecule has 1 N–H and O–H groups in total. The molecule has 4 heteroatoms. The normalized spacial score (nSPS) is 16.4. The van der Waals surface area contributed by atoms with E-state index in [1.807, 2.05) is 6.07 Å². The first-order chi connectivity index (χ1) is 8.29. The Bertz CT molecular complexity index is 364. The average molecular weight is 256 g/mol. The van der Waals surface area contributed by atoms with Crippen LogP contribution < -0.4 is 4.74 Å². The SMILES string of the molecule is OCc1cc(Cl)ccc1OCCN1CCCC1. The molecule has 0 saturated carbocycles. The quantitative estimate of drug-likeness (QED) is 0.877. The minimum absolute atomic E-state index is 0.0421. The van der Waals surface area contributed by atoms with Crippen molar-refractivity contribution in [1.82, 2.24) is 4.90 Å². The molecule has 1 aliphatic heterocycles. The second kappa shape index (κ2) is 6.24. The Kier molecular flexibility index (Phi) is 4.66. The molecule has 1 fully saturated rings. The van der Waals surface area contributed by atoms with Crippen LogP contribution in [-0.2, 0) is 6.61 Å². The van der Waals surface area contributed by atoms with E-state index in [0.717, 1.165) is 17.9 Å². The molecule has 3 nitrogen and oxygen atoms in total. The number of aliphatic hydroxyl groups excluding tert-OH is 1. The van der Waals surface area contributed by atoms with Gasteiger partial charge in [-0.05, 0) is 44.1 Å². The fourth-order valence-corrected chi connectivity index (χ4v) is 2.30. The van der Waals surface area contributed by atoms with Crippen molar-refractivity contribution in [3.05, 3.63) is 28.8 Å². The van der Waals surface area contributed by atoms with Gasteiger partial charge in [0.2, 0.25) is 0 Å². The predicted octanol–water partition coefficient (Wildman–Crippen LogP) is 2.31. The first-order valence-corrected chi connectivity index (χ1v) is 6.42. The van der Waals surface area contributed by atoms with Gasteiger partial charge in [0.15, 0.2) is 0 Å². The molecule has 1 saturated heterocycles. The van der Waals surface area contributed by atoms with Crippen LogP contribution in [0.1, 0.15) is 18.4 Å². The fraction of sp³-hybridized carbons (Fsp3) is 0.538. The minimum Gasteiger partial charge on any atom is -0.492 e. The molecular formula is C13H18ClNO2. The lowest BCUT2D eigenvalue weighted by Gasteiger charge is -2.16. The van der Waals surface area contributed by atoms with Gasteiger partial charge in [0.1, 0.15) is 12.4 Å². The van der Waals surface area contributed by atoms with Gasteiger partial charge in [-0.1, -0.05) is 11.6 Å². The van der Waals surface area contributed by atoms with Gasteiger partial charge >= 0.3 is 0 Å². The summed E-state index contributed by atoms with van der Waals surface area (Å²) in [6.45, 7) is 3.93. The molecule has 17 heavy (non-hydrogen) atoms. The number of likely N-dealkylation sites (tertiary alicyclic amines) is 1. The molecule has 0 radical (unpaired) electrons. The van der Waals surface area contributed by atoms with Crippen molar-refractivity contribution in [2.75, 3.05) is 26.2 Å². The average Bonchev–Trinajstić information content (AvgIpc) is 2.84. The highest BCUT2D eigenvalue weighted by Gasteiger charge is 2.11. The first-order valence-electron chi connectivity index (χ1n) is 6.04. The monoisotopic (exact) mass is 255 g/mol. The molecule has 94 valence electrons. The van der Waals surface area contributed by atoms with E-state index in [-0.39, 0.29) is 6.61 Å². The number of aliphatic hydroxyl groups is 1. The van der Waals surface area contributed by atoms with E-state index in [9.17, 15) is 5.11 Å². The van der Waals surface area contributed by atoms with Crippen LogP contribution in [0.25, 0.3) is 0 Å². The van der Waals surface area contributed by atoms with E-state index in [4.69, 9.17) is 16.3 Å². The van der Waals surface area contributed by atoms with E-state index in [1.54, 1.807) is 12.1 Å². The first kappa shape index (κ1) is 12.7. The van der Waals surface area contributed by atoms with Crippen molar-refractivity contribution in [2.45, 2.75) is 19.4 Å². The van der Waals surface area contributed by atoms with E-state index in [2.05, 4.69) is 4.90 Å². The Morgan fingerprint density at radius 1 is 1.29 bits per heavy atom. The van der Waals surface area contributed by atoms with Gasteiger partial charge in [-0.2, -0.15) is 0 Å². The third-order valence-corrected chi connectivity index (χ3v) is 3.29. The second-order valence-corrected chi connectivity index (χ2v) is 4.74. The molecule has 0 spiro atoms. The third-order valence-electron chi connectivity index (χ3n) is 3.06. The Morgan fingerprint density at radius 2 is 2.06 bits per heavy atom. The van der Waals surface area contributed by atoms with Gasteiger partial charge in [0, 0.05) is 17.1 Å². The molecule has 2 rings (SSSR count). The fourth-order valence-electron chi connectivity index (χ4n) is 2.10. The highest BCUT2D eigenvalue weighted by molar-refractivity contribution is 6.30. The maximum Gasteiger partial charge on any atom is 0.124 e.